The number of hydrogen-bond donors (Lipinski definition) is 2. The number of aliphatic hydroxyl groups excluding tert-OH is 1. The summed E-state index contributed by atoms with van der Waals surface area (Å²) >= 11 is 0. The first-order chi connectivity index (χ1) is 20.4. The van der Waals surface area contributed by atoms with Crippen LogP contribution in [-0.4, -0.2) is 77.7 Å². The summed E-state index contributed by atoms with van der Waals surface area (Å²) in [6.45, 7) is 8.08. The Morgan fingerprint density at radius 2 is 1.74 bits per heavy atom. The molecule has 0 spiro atoms. The van der Waals surface area contributed by atoms with Crippen molar-refractivity contribution in [2.75, 3.05) is 46.0 Å². The van der Waals surface area contributed by atoms with E-state index < -0.39 is 17.7 Å². The number of nitrogens with zero attached hydrogens (tertiary/aromatic N) is 2. The van der Waals surface area contributed by atoms with Crippen molar-refractivity contribution in [2.45, 2.75) is 26.5 Å². The van der Waals surface area contributed by atoms with E-state index in [1.807, 2.05) is 25.1 Å². The minimum Gasteiger partial charge on any atom is -0.507 e. The average molecular weight is 573 g/mol. The van der Waals surface area contributed by atoms with Gasteiger partial charge in [0.15, 0.2) is 11.5 Å². The number of ketones is 1. The number of phenolic OH excluding ortho intramolecular Hbond substituents is 1. The van der Waals surface area contributed by atoms with E-state index in [4.69, 9.17) is 14.2 Å². The van der Waals surface area contributed by atoms with Gasteiger partial charge in [0.2, 0.25) is 0 Å². The highest BCUT2D eigenvalue weighted by atomic mass is 16.5. The highest BCUT2D eigenvalue weighted by molar-refractivity contribution is 6.46. The third-order valence-electron chi connectivity index (χ3n) is 7.52. The zero-order valence-corrected chi connectivity index (χ0v) is 23.9. The number of Topliss-reactive ketones (excluding diaryl/α,β-unsaturated/α-hetero) is 1. The Morgan fingerprint density at radius 3 is 2.45 bits per heavy atom. The number of carbonyl (C=O) groups is 2. The molecule has 9 nitrogen and oxygen atoms in total. The number of ether oxygens (including phenoxy) is 3. The largest absolute Gasteiger partial charge is 0.507 e. The first kappa shape index (κ1) is 29.2. The van der Waals surface area contributed by atoms with Crippen LogP contribution in [-0.2, 0) is 20.9 Å². The predicted molar refractivity (Wildman–Crippen MR) is 157 cm³/mol. The van der Waals surface area contributed by atoms with Crippen LogP contribution in [0, 0.1) is 6.92 Å². The van der Waals surface area contributed by atoms with Crippen LogP contribution in [0.2, 0.25) is 0 Å². The molecular formula is C33H36N2O7. The number of aryl methyl sites for hydroxylation is 1. The first-order valence-corrected chi connectivity index (χ1v) is 14.2. The first-order valence-electron chi connectivity index (χ1n) is 14.2. The van der Waals surface area contributed by atoms with E-state index in [2.05, 4.69) is 11.0 Å². The molecule has 2 heterocycles. The molecule has 2 aliphatic heterocycles. The quantitative estimate of drug-likeness (QED) is 0.209. The maximum Gasteiger partial charge on any atom is 0.295 e. The Balaban J connectivity index is 1.45. The lowest BCUT2D eigenvalue weighted by atomic mass is 9.95. The lowest BCUT2D eigenvalue weighted by Crippen LogP contribution is -2.42. The molecule has 0 bridgehead atoms. The van der Waals surface area contributed by atoms with Gasteiger partial charge in [-0.1, -0.05) is 35.9 Å². The average Bonchev–Trinajstić information content (AvgIpc) is 3.25. The van der Waals surface area contributed by atoms with Crippen LogP contribution < -0.4 is 9.47 Å². The molecule has 220 valence electrons. The van der Waals surface area contributed by atoms with Gasteiger partial charge in [-0.2, -0.15) is 0 Å². The summed E-state index contributed by atoms with van der Waals surface area (Å²) in [5.41, 5.74) is 3.12. The molecule has 1 atom stereocenters. The Hall–Kier alpha value is -4.34. The Morgan fingerprint density at radius 1 is 0.976 bits per heavy atom. The standard InChI is InChI=1S/C33H36N2O7/c1-3-41-28-20-25(9-12-27(28)36)30-29(32(38)33(39)35(30)14-13-34-15-17-40-18-16-34)31(37)24-7-10-26(11-8-24)42-21-23-6-4-5-22(2)19-23/h4-12,19-20,30,36-37H,3,13-18,21H2,1-2H3/b31-29+. The molecule has 0 radical (unpaired) electrons. The summed E-state index contributed by atoms with van der Waals surface area (Å²) in [5, 5.41) is 21.8. The highest BCUT2D eigenvalue weighted by Crippen LogP contribution is 2.42. The van der Waals surface area contributed by atoms with Crippen molar-refractivity contribution in [3.05, 3.63) is 94.6 Å². The van der Waals surface area contributed by atoms with E-state index in [1.54, 1.807) is 43.3 Å². The molecule has 2 aliphatic rings. The number of likely N-dealkylation sites (tertiary alicyclic amines) is 1. The van der Waals surface area contributed by atoms with Gasteiger partial charge in [-0.15, -0.1) is 0 Å². The van der Waals surface area contributed by atoms with Gasteiger partial charge in [0.1, 0.15) is 18.1 Å². The predicted octanol–water partition coefficient (Wildman–Crippen LogP) is 4.43. The number of hydrogen-bond acceptors (Lipinski definition) is 8. The molecule has 1 amide bonds. The highest BCUT2D eigenvalue weighted by Gasteiger charge is 2.46. The fourth-order valence-corrected chi connectivity index (χ4v) is 5.34. The van der Waals surface area contributed by atoms with Gasteiger partial charge in [-0.05, 0) is 61.4 Å². The van der Waals surface area contributed by atoms with Gasteiger partial charge < -0.3 is 29.3 Å². The Kier molecular flexibility index (Phi) is 9.09. The van der Waals surface area contributed by atoms with Crippen LogP contribution in [0.3, 0.4) is 0 Å². The fourth-order valence-electron chi connectivity index (χ4n) is 5.34. The Bertz CT molecular complexity index is 1460. The monoisotopic (exact) mass is 572 g/mol. The van der Waals surface area contributed by atoms with Crippen molar-refractivity contribution in [3.63, 3.8) is 0 Å². The zero-order chi connectivity index (χ0) is 29.6. The molecule has 5 rings (SSSR count). The zero-order valence-electron chi connectivity index (χ0n) is 23.9. The van der Waals surface area contributed by atoms with Crippen molar-refractivity contribution in [3.8, 4) is 17.2 Å². The number of amides is 1. The summed E-state index contributed by atoms with van der Waals surface area (Å²) in [5.74, 6) is -0.917. The molecule has 42 heavy (non-hydrogen) atoms. The second kappa shape index (κ2) is 13.1. The molecular weight excluding hydrogens is 536 g/mol. The third kappa shape index (κ3) is 6.42. The van der Waals surface area contributed by atoms with Crippen molar-refractivity contribution >= 4 is 17.4 Å². The lowest BCUT2D eigenvalue weighted by molar-refractivity contribution is -0.140. The van der Waals surface area contributed by atoms with Gasteiger partial charge in [-0.3, -0.25) is 14.5 Å². The second-order valence-corrected chi connectivity index (χ2v) is 10.4. The van der Waals surface area contributed by atoms with Crippen LogP contribution in [0.1, 0.15) is 35.2 Å². The van der Waals surface area contributed by atoms with Crippen molar-refractivity contribution in [1.29, 1.82) is 0 Å². The van der Waals surface area contributed by atoms with Crippen molar-refractivity contribution < 1.29 is 34.0 Å². The number of morpholine rings is 1. The molecule has 2 saturated heterocycles. The van der Waals surface area contributed by atoms with Gasteiger partial charge >= 0.3 is 0 Å². The summed E-state index contributed by atoms with van der Waals surface area (Å²) < 4.78 is 16.9. The molecule has 0 aromatic heterocycles. The van der Waals surface area contributed by atoms with E-state index >= 15 is 0 Å². The number of rotatable bonds is 10. The molecule has 1 unspecified atom stereocenters. The van der Waals surface area contributed by atoms with Gasteiger partial charge in [0.05, 0.1) is 31.4 Å². The van der Waals surface area contributed by atoms with E-state index in [1.165, 1.54) is 11.0 Å². The van der Waals surface area contributed by atoms with Gasteiger partial charge in [0, 0.05) is 31.7 Å². The Labute approximate surface area is 245 Å². The summed E-state index contributed by atoms with van der Waals surface area (Å²) in [6.07, 6.45) is 0. The molecule has 3 aromatic rings. The fraction of sp³-hybridized carbons (Fsp3) is 0.333. The molecule has 2 N–H and O–H groups in total. The molecule has 9 heteroatoms. The number of phenols is 1. The molecule has 0 saturated carbocycles. The molecule has 2 fully saturated rings. The third-order valence-corrected chi connectivity index (χ3v) is 7.52. The smallest absolute Gasteiger partial charge is 0.295 e. The second-order valence-electron chi connectivity index (χ2n) is 10.4. The maximum atomic E-state index is 13.4. The van der Waals surface area contributed by atoms with E-state index in [9.17, 15) is 19.8 Å². The maximum absolute atomic E-state index is 13.4. The van der Waals surface area contributed by atoms with Crippen LogP contribution in [0.4, 0.5) is 0 Å². The van der Waals surface area contributed by atoms with E-state index in [0.717, 1.165) is 24.2 Å². The summed E-state index contributed by atoms with van der Waals surface area (Å²) in [6, 6.07) is 18.7. The molecule has 0 aliphatic carbocycles. The van der Waals surface area contributed by atoms with Gasteiger partial charge in [-0.25, -0.2) is 0 Å². The topological polar surface area (TPSA) is 109 Å². The van der Waals surface area contributed by atoms with Gasteiger partial charge in [0.25, 0.3) is 11.7 Å². The number of aliphatic hydroxyl groups is 1. The number of aromatic hydroxyl groups is 1. The minimum absolute atomic E-state index is 0.0106. The van der Waals surface area contributed by atoms with Crippen LogP contribution in [0.15, 0.2) is 72.3 Å². The lowest BCUT2D eigenvalue weighted by Gasteiger charge is -2.31. The van der Waals surface area contributed by atoms with Crippen molar-refractivity contribution in [1.82, 2.24) is 9.80 Å². The number of benzene rings is 3. The van der Waals surface area contributed by atoms with E-state index in [0.29, 0.717) is 49.8 Å². The van der Waals surface area contributed by atoms with E-state index in [-0.39, 0.29) is 29.4 Å². The minimum atomic E-state index is -0.858. The normalized spacial score (nSPS) is 18.8. The summed E-state index contributed by atoms with van der Waals surface area (Å²) in [7, 11) is 0. The summed E-state index contributed by atoms with van der Waals surface area (Å²) in [4.78, 5) is 30.5. The van der Waals surface area contributed by atoms with Crippen LogP contribution in [0.25, 0.3) is 5.76 Å². The number of carbonyl (C=O) groups excluding carboxylic acids is 2. The van der Waals surface area contributed by atoms with Crippen molar-refractivity contribution in [2.24, 2.45) is 0 Å². The van der Waals surface area contributed by atoms with Crippen LogP contribution >= 0.6 is 0 Å². The van der Waals surface area contributed by atoms with Crippen LogP contribution in [0.5, 0.6) is 17.2 Å². The SMILES string of the molecule is CCOc1cc(C2/C(=C(\O)c3ccc(OCc4cccc(C)c4)cc3)C(=O)C(=O)N2CCN2CCOCC2)ccc1O. The molecule has 3 aromatic carbocycles.